The second-order valence-corrected chi connectivity index (χ2v) is 7.40. The molecule has 2 amide bonds. The number of anilines is 4. The molecule has 0 bridgehead atoms. The van der Waals surface area contributed by atoms with Gasteiger partial charge < -0.3 is 30.5 Å². The number of ether oxygens (including phenoxy) is 1. The fraction of sp³-hybridized carbons (Fsp3) is 0.450. The number of morpholine rings is 1. The first-order valence-corrected chi connectivity index (χ1v) is 10.0. The quantitative estimate of drug-likeness (QED) is 0.784. The Bertz CT molecular complexity index is 912. The smallest absolute Gasteiger partial charge is 0.314 e. The predicted octanol–water partition coefficient (Wildman–Crippen LogP) is 1.71. The molecule has 1 aromatic carbocycles. The normalized spacial score (nSPS) is 17.2. The number of urea groups is 1. The standard InChI is InChI=1S/C20H26FN7O2/c1-14-13-23-20(25-18(14)27-4-6-28(7-5-27)19(22)29)24-15-2-3-17(16(21)12-15)26-8-10-30-11-9-26/h2-3,12-13H,4-11H2,1H3,(H2,22,29)(H,23,24,25). The molecule has 160 valence electrons. The number of hydrogen-bond acceptors (Lipinski definition) is 7. The molecule has 2 aromatic rings. The zero-order chi connectivity index (χ0) is 21.1. The van der Waals surface area contributed by atoms with Crippen LogP contribution in [0.25, 0.3) is 0 Å². The molecule has 4 rings (SSSR count). The van der Waals surface area contributed by atoms with Gasteiger partial charge in [-0.3, -0.25) is 0 Å². The molecular weight excluding hydrogens is 389 g/mol. The van der Waals surface area contributed by atoms with Gasteiger partial charge in [0.1, 0.15) is 11.6 Å². The van der Waals surface area contributed by atoms with Crippen LogP contribution < -0.4 is 20.9 Å². The molecule has 2 fully saturated rings. The van der Waals surface area contributed by atoms with Crippen molar-refractivity contribution in [3.8, 4) is 0 Å². The summed E-state index contributed by atoms with van der Waals surface area (Å²) in [6, 6.07) is 4.64. The van der Waals surface area contributed by atoms with Gasteiger partial charge >= 0.3 is 6.03 Å². The van der Waals surface area contributed by atoms with Gasteiger partial charge in [-0.1, -0.05) is 0 Å². The van der Waals surface area contributed by atoms with E-state index >= 15 is 0 Å². The Hall–Kier alpha value is -3.14. The maximum Gasteiger partial charge on any atom is 0.314 e. The van der Waals surface area contributed by atoms with Crippen molar-refractivity contribution in [2.75, 3.05) is 67.6 Å². The van der Waals surface area contributed by atoms with Crippen LogP contribution in [0.15, 0.2) is 24.4 Å². The minimum atomic E-state index is -0.404. The molecule has 1 aromatic heterocycles. The molecule has 2 aliphatic heterocycles. The lowest BCUT2D eigenvalue weighted by atomic mass is 10.2. The van der Waals surface area contributed by atoms with Crippen molar-refractivity contribution in [1.29, 1.82) is 0 Å². The van der Waals surface area contributed by atoms with E-state index in [2.05, 4.69) is 20.2 Å². The summed E-state index contributed by atoms with van der Waals surface area (Å²) in [6.07, 6.45) is 1.74. The molecule has 0 spiro atoms. The van der Waals surface area contributed by atoms with E-state index in [9.17, 15) is 9.18 Å². The summed E-state index contributed by atoms with van der Waals surface area (Å²) in [5.74, 6) is 0.894. The summed E-state index contributed by atoms with van der Waals surface area (Å²) in [5, 5.41) is 3.09. The van der Waals surface area contributed by atoms with Gasteiger partial charge in [-0.2, -0.15) is 4.98 Å². The number of halogens is 1. The van der Waals surface area contributed by atoms with E-state index in [1.165, 1.54) is 6.07 Å². The zero-order valence-corrected chi connectivity index (χ0v) is 17.0. The summed E-state index contributed by atoms with van der Waals surface area (Å²) >= 11 is 0. The van der Waals surface area contributed by atoms with E-state index < -0.39 is 6.03 Å². The van der Waals surface area contributed by atoms with Gasteiger partial charge in [0.05, 0.1) is 18.9 Å². The van der Waals surface area contributed by atoms with Gasteiger partial charge in [0.25, 0.3) is 0 Å². The molecule has 0 radical (unpaired) electrons. The first kappa shape index (κ1) is 20.1. The van der Waals surface area contributed by atoms with Crippen molar-refractivity contribution < 1.29 is 13.9 Å². The lowest BCUT2D eigenvalue weighted by Crippen LogP contribution is -2.50. The van der Waals surface area contributed by atoms with Crippen LogP contribution in [0.4, 0.5) is 32.3 Å². The van der Waals surface area contributed by atoms with Crippen molar-refractivity contribution >= 4 is 29.2 Å². The molecule has 3 N–H and O–H groups in total. The molecular formula is C20H26FN7O2. The number of carbonyl (C=O) groups is 1. The Morgan fingerprint density at radius 2 is 1.87 bits per heavy atom. The van der Waals surface area contributed by atoms with Crippen LogP contribution in [0.5, 0.6) is 0 Å². The molecule has 0 saturated carbocycles. The van der Waals surface area contributed by atoms with E-state index in [4.69, 9.17) is 10.5 Å². The highest BCUT2D eigenvalue weighted by molar-refractivity contribution is 5.72. The van der Waals surface area contributed by atoms with Crippen molar-refractivity contribution in [2.45, 2.75) is 6.92 Å². The number of carbonyl (C=O) groups excluding carboxylic acids is 1. The maximum absolute atomic E-state index is 14.7. The van der Waals surface area contributed by atoms with Gasteiger partial charge in [-0.15, -0.1) is 0 Å². The lowest BCUT2D eigenvalue weighted by Gasteiger charge is -2.35. The van der Waals surface area contributed by atoms with Crippen LogP contribution in [0.2, 0.25) is 0 Å². The van der Waals surface area contributed by atoms with E-state index in [0.29, 0.717) is 69.8 Å². The maximum atomic E-state index is 14.7. The average molecular weight is 415 g/mol. The van der Waals surface area contributed by atoms with Crippen LogP contribution in [0.1, 0.15) is 5.56 Å². The third-order valence-electron chi connectivity index (χ3n) is 5.39. The topological polar surface area (TPSA) is 99.8 Å². The Morgan fingerprint density at radius 3 is 2.53 bits per heavy atom. The van der Waals surface area contributed by atoms with Crippen molar-refractivity contribution in [3.63, 3.8) is 0 Å². The number of nitrogens with one attached hydrogen (secondary N) is 1. The van der Waals surface area contributed by atoms with Crippen LogP contribution in [-0.2, 0) is 4.74 Å². The monoisotopic (exact) mass is 415 g/mol. The summed E-state index contributed by atoms with van der Waals surface area (Å²) < 4.78 is 20.0. The molecule has 0 atom stereocenters. The molecule has 9 nitrogen and oxygen atoms in total. The van der Waals surface area contributed by atoms with E-state index in [-0.39, 0.29) is 5.82 Å². The van der Waals surface area contributed by atoms with E-state index in [1.807, 2.05) is 17.9 Å². The van der Waals surface area contributed by atoms with Gasteiger partial charge in [0.2, 0.25) is 5.95 Å². The molecule has 0 unspecified atom stereocenters. The fourth-order valence-electron chi connectivity index (χ4n) is 3.73. The van der Waals surface area contributed by atoms with Crippen molar-refractivity contribution in [2.24, 2.45) is 5.73 Å². The number of hydrogen-bond donors (Lipinski definition) is 2. The number of amides is 2. The molecule has 3 heterocycles. The number of benzene rings is 1. The third kappa shape index (κ3) is 4.38. The number of nitrogens with two attached hydrogens (primary N) is 1. The number of aryl methyl sites for hydroxylation is 1. The third-order valence-corrected chi connectivity index (χ3v) is 5.39. The number of primary amides is 1. The van der Waals surface area contributed by atoms with Crippen LogP contribution >= 0.6 is 0 Å². The Labute approximate surface area is 174 Å². The predicted molar refractivity (Wildman–Crippen MR) is 113 cm³/mol. The van der Waals surface area contributed by atoms with Gasteiger partial charge in [-0.05, 0) is 25.1 Å². The van der Waals surface area contributed by atoms with Gasteiger partial charge in [0, 0.05) is 56.7 Å². The molecule has 2 aliphatic rings. The first-order valence-electron chi connectivity index (χ1n) is 10.0. The van der Waals surface area contributed by atoms with Gasteiger partial charge in [0.15, 0.2) is 0 Å². The van der Waals surface area contributed by atoms with Crippen molar-refractivity contribution in [3.05, 3.63) is 35.8 Å². The van der Waals surface area contributed by atoms with Crippen molar-refractivity contribution in [1.82, 2.24) is 14.9 Å². The minimum absolute atomic E-state index is 0.295. The highest BCUT2D eigenvalue weighted by Crippen LogP contribution is 2.26. The number of aromatic nitrogens is 2. The Kier molecular flexibility index (Phi) is 5.84. The second-order valence-electron chi connectivity index (χ2n) is 7.40. The average Bonchev–Trinajstić information content (AvgIpc) is 2.76. The lowest BCUT2D eigenvalue weighted by molar-refractivity contribution is 0.122. The number of piperazine rings is 1. The highest BCUT2D eigenvalue weighted by atomic mass is 19.1. The van der Waals surface area contributed by atoms with Crippen LogP contribution in [0.3, 0.4) is 0 Å². The van der Waals surface area contributed by atoms with Crippen LogP contribution in [-0.4, -0.2) is 73.4 Å². The molecule has 10 heteroatoms. The SMILES string of the molecule is Cc1cnc(Nc2ccc(N3CCOCC3)c(F)c2)nc1N1CCN(C(N)=O)CC1. The summed E-state index contributed by atoms with van der Waals surface area (Å²) in [5.41, 5.74) is 7.44. The fourth-order valence-corrected chi connectivity index (χ4v) is 3.73. The Balaban J connectivity index is 1.47. The molecule has 30 heavy (non-hydrogen) atoms. The zero-order valence-electron chi connectivity index (χ0n) is 17.0. The molecule has 0 aliphatic carbocycles. The summed E-state index contributed by atoms with van der Waals surface area (Å²) in [4.78, 5) is 26.0. The highest BCUT2D eigenvalue weighted by Gasteiger charge is 2.22. The second kappa shape index (κ2) is 8.70. The molecule has 2 saturated heterocycles. The largest absolute Gasteiger partial charge is 0.378 e. The minimum Gasteiger partial charge on any atom is -0.378 e. The van der Waals surface area contributed by atoms with E-state index in [1.54, 1.807) is 17.2 Å². The first-order chi connectivity index (χ1) is 14.5. The Morgan fingerprint density at radius 1 is 1.13 bits per heavy atom. The van der Waals surface area contributed by atoms with Crippen LogP contribution in [0, 0.1) is 12.7 Å². The number of rotatable bonds is 4. The number of nitrogens with zero attached hydrogens (tertiary/aromatic N) is 5. The summed E-state index contributed by atoms with van der Waals surface area (Å²) in [7, 11) is 0. The summed E-state index contributed by atoms with van der Waals surface area (Å²) in [6.45, 7) is 6.89. The van der Waals surface area contributed by atoms with E-state index in [0.717, 1.165) is 11.4 Å². The van der Waals surface area contributed by atoms with Gasteiger partial charge in [-0.25, -0.2) is 14.2 Å².